The van der Waals surface area contributed by atoms with Gasteiger partial charge < -0.3 is 15.0 Å². The Kier molecular flexibility index (Phi) is 5.11. The van der Waals surface area contributed by atoms with Crippen LogP contribution in [0.15, 0.2) is 48.8 Å². The van der Waals surface area contributed by atoms with Crippen LogP contribution in [0.5, 0.6) is 0 Å². The van der Waals surface area contributed by atoms with Crippen molar-refractivity contribution in [2.45, 2.75) is 25.9 Å². The van der Waals surface area contributed by atoms with Crippen LogP contribution in [0, 0.1) is 0 Å². The predicted molar refractivity (Wildman–Crippen MR) is 93.6 cm³/mol. The molecule has 0 aliphatic carbocycles. The number of amides is 2. The molecular weight excluding hydrogens is 302 g/mol. The highest BCUT2D eigenvalue weighted by molar-refractivity contribution is 5.75. The van der Waals surface area contributed by atoms with Crippen molar-refractivity contribution < 1.29 is 9.53 Å². The van der Waals surface area contributed by atoms with E-state index in [2.05, 4.69) is 34.6 Å². The zero-order chi connectivity index (χ0) is 16.9. The zero-order valence-electron chi connectivity index (χ0n) is 14.1. The van der Waals surface area contributed by atoms with Crippen molar-refractivity contribution in [1.82, 2.24) is 15.2 Å². The monoisotopic (exact) mass is 325 g/mol. The maximum absolute atomic E-state index is 12.4. The van der Waals surface area contributed by atoms with Gasteiger partial charge in [-0.25, -0.2) is 4.79 Å². The Labute approximate surface area is 142 Å². The van der Waals surface area contributed by atoms with Crippen molar-refractivity contribution in [1.29, 1.82) is 0 Å². The summed E-state index contributed by atoms with van der Waals surface area (Å²) in [6, 6.07) is 12.3. The second kappa shape index (κ2) is 7.45. The number of rotatable bonds is 3. The predicted octanol–water partition coefficient (Wildman–Crippen LogP) is 3.24. The van der Waals surface area contributed by atoms with E-state index in [1.807, 2.05) is 30.9 Å². The van der Waals surface area contributed by atoms with Crippen molar-refractivity contribution in [2.75, 3.05) is 19.8 Å². The van der Waals surface area contributed by atoms with E-state index in [0.29, 0.717) is 19.8 Å². The lowest BCUT2D eigenvalue weighted by Crippen LogP contribution is -2.51. The number of hydrogen-bond acceptors (Lipinski definition) is 3. The average Bonchev–Trinajstić information content (AvgIpc) is 2.63. The Hall–Kier alpha value is -2.40. The van der Waals surface area contributed by atoms with Crippen molar-refractivity contribution in [3.8, 4) is 11.1 Å². The molecule has 1 N–H and O–H groups in total. The molecule has 0 spiro atoms. The van der Waals surface area contributed by atoms with Gasteiger partial charge in [-0.1, -0.05) is 24.3 Å². The molecule has 1 aromatic carbocycles. The summed E-state index contributed by atoms with van der Waals surface area (Å²) in [6.45, 7) is 5.85. The van der Waals surface area contributed by atoms with Crippen LogP contribution in [0.1, 0.15) is 25.5 Å². The molecule has 0 unspecified atom stereocenters. The fraction of sp³-hybridized carbons (Fsp3) is 0.368. The number of hydrogen-bond donors (Lipinski definition) is 1. The van der Waals surface area contributed by atoms with E-state index in [1.54, 1.807) is 12.4 Å². The summed E-state index contributed by atoms with van der Waals surface area (Å²) >= 11 is 0. The van der Waals surface area contributed by atoms with Crippen LogP contribution < -0.4 is 5.32 Å². The molecule has 2 aromatic rings. The number of nitrogens with one attached hydrogen (secondary N) is 1. The average molecular weight is 325 g/mol. The lowest BCUT2D eigenvalue weighted by Gasteiger charge is -2.34. The molecule has 3 rings (SSSR count). The molecule has 2 heterocycles. The number of ether oxygens (including phenoxy) is 1. The second-order valence-corrected chi connectivity index (χ2v) is 6.15. The molecule has 0 saturated carbocycles. The number of nitrogens with zero attached hydrogens (tertiary/aromatic N) is 2. The molecule has 0 bridgehead atoms. The molecule has 24 heavy (non-hydrogen) atoms. The Morgan fingerprint density at radius 2 is 1.88 bits per heavy atom. The maximum atomic E-state index is 12.4. The number of pyridine rings is 1. The number of urea groups is 1. The van der Waals surface area contributed by atoms with Gasteiger partial charge in [-0.15, -0.1) is 0 Å². The smallest absolute Gasteiger partial charge is 0.318 e. The van der Waals surface area contributed by atoms with Gasteiger partial charge in [0.15, 0.2) is 0 Å². The van der Waals surface area contributed by atoms with Crippen LogP contribution in [0.3, 0.4) is 0 Å². The SMILES string of the molecule is C[C@@H](NC(=O)N1CCOC[C@@H]1C)c1ccc(-c2ccncc2)cc1. The third-order valence-electron chi connectivity index (χ3n) is 4.39. The molecule has 0 radical (unpaired) electrons. The lowest BCUT2D eigenvalue weighted by atomic mass is 10.0. The molecule has 2 amide bonds. The van der Waals surface area contributed by atoms with Gasteiger partial charge in [0, 0.05) is 18.9 Å². The summed E-state index contributed by atoms with van der Waals surface area (Å²) in [5.41, 5.74) is 3.36. The Balaban J connectivity index is 1.64. The Morgan fingerprint density at radius 1 is 1.21 bits per heavy atom. The van der Waals surface area contributed by atoms with Crippen LogP contribution in [-0.4, -0.2) is 41.7 Å². The summed E-state index contributed by atoms with van der Waals surface area (Å²) in [4.78, 5) is 18.3. The molecule has 2 atom stereocenters. The van der Waals surface area contributed by atoms with Gasteiger partial charge in [-0.3, -0.25) is 4.98 Å². The summed E-state index contributed by atoms with van der Waals surface area (Å²) in [5.74, 6) is 0. The van der Waals surface area contributed by atoms with Crippen LogP contribution in [0.2, 0.25) is 0 Å². The van der Waals surface area contributed by atoms with Crippen molar-refractivity contribution in [3.05, 3.63) is 54.4 Å². The fourth-order valence-corrected chi connectivity index (χ4v) is 2.89. The first-order valence-corrected chi connectivity index (χ1v) is 8.30. The fourth-order valence-electron chi connectivity index (χ4n) is 2.89. The third kappa shape index (κ3) is 3.74. The van der Waals surface area contributed by atoms with Gasteiger partial charge in [0.1, 0.15) is 0 Å². The number of aromatic nitrogens is 1. The van der Waals surface area contributed by atoms with Crippen molar-refractivity contribution in [3.63, 3.8) is 0 Å². The number of morpholine rings is 1. The van der Waals surface area contributed by atoms with E-state index in [0.717, 1.165) is 16.7 Å². The number of carbonyl (C=O) groups is 1. The normalized spacial score (nSPS) is 18.9. The summed E-state index contributed by atoms with van der Waals surface area (Å²) in [5, 5.41) is 3.08. The highest BCUT2D eigenvalue weighted by Crippen LogP contribution is 2.21. The van der Waals surface area contributed by atoms with E-state index in [4.69, 9.17) is 4.74 Å². The summed E-state index contributed by atoms with van der Waals surface area (Å²) < 4.78 is 5.38. The first-order valence-electron chi connectivity index (χ1n) is 8.30. The van der Waals surface area contributed by atoms with Gasteiger partial charge in [-0.05, 0) is 42.7 Å². The van der Waals surface area contributed by atoms with E-state index >= 15 is 0 Å². The van der Waals surface area contributed by atoms with Crippen molar-refractivity contribution >= 4 is 6.03 Å². The van der Waals surface area contributed by atoms with Crippen LogP contribution in [0.25, 0.3) is 11.1 Å². The minimum absolute atomic E-state index is 0.0310. The van der Waals surface area contributed by atoms with Gasteiger partial charge in [0.2, 0.25) is 0 Å². The van der Waals surface area contributed by atoms with Crippen LogP contribution in [0.4, 0.5) is 4.79 Å². The Bertz CT molecular complexity index is 673. The quantitative estimate of drug-likeness (QED) is 0.942. The lowest BCUT2D eigenvalue weighted by molar-refractivity contribution is 0.0185. The summed E-state index contributed by atoms with van der Waals surface area (Å²) in [7, 11) is 0. The third-order valence-corrected chi connectivity index (χ3v) is 4.39. The maximum Gasteiger partial charge on any atom is 0.318 e. The number of carbonyl (C=O) groups excluding carboxylic acids is 1. The van der Waals surface area contributed by atoms with Gasteiger partial charge in [0.25, 0.3) is 0 Å². The molecule has 5 nitrogen and oxygen atoms in total. The highest BCUT2D eigenvalue weighted by Gasteiger charge is 2.24. The van der Waals surface area contributed by atoms with Crippen LogP contribution in [-0.2, 0) is 4.74 Å². The number of benzene rings is 1. The van der Waals surface area contributed by atoms with Gasteiger partial charge in [-0.2, -0.15) is 0 Å². The first kappa shape index (κ1) is 16.5. The molecule has 1 fully saturated rings. The molecule has 1 saturated heterocycles. The van der Waals surface area contributed by atoms with Crippen LogP contribution >= 0.6 is 0 Å². The first-order chi connectivity index (χ1) is 11.6. The second-order valence-electron chi connectivity index (χ2n) is 6.15. The van der Waals surface area contributed by atoms with E-state index in [1.165, 1.54) is 0 Å². The highest BCUT2D eigenvalue weighted by atomic mass is 16.5. The van der Waals surface area contributed by atoms with Gasteiger partial charge >= 0.3 is 6.03 Å². The molecule has 1 aromatic heterocycles. The standard InChI is InChI=1S/C19H23N3O2/c1-14-13-24-12-11-22(14)19(23)21-15(2)16-3-5-17(6-4-16)18-7-9-20-10-8-18/h3-10,14-15H,11-13H2,1-2H3,(H,21,23)/t14-,15+/m0/s1. The zero-order valence-corrected chi connectivity index (χ0v) is 14.1. The van der Waals surface area contributed by atoms with E-state index in [9.17, 15) is 4.79 Å². The Morgan fingerprint density at radius 3 is 2.54 bits per heavy atom. The minimum atomic E-state index is -0.0426. The molecule has 1 aliphatic rings. The largest absolute Gasteiger partial charge is 0.377 e. The molecule has 5 heteroatoms. The summed E-state index contributed by atoms with van der Waals surface area (Å²) in [6.07, 6.45) is 3.57. The molecular formula is C19H23N3O2. The van der Waals surface area contributed by atoms with E-state index in [-0.39, 0.29) is 18.1 Å². The molecule has 1 aliphatic heterocycles. The van der Waals surface area contributed by atoms with Gasteiger partial charge in [0.05, 0.1) is 25.3 Å². The molecule has 126 valence electrons. The van der Waals surface area contributed by atoms with Crippen molar-refractivity contribution in [2.24, 2.45) is 0 Å². The topological polar surface area (TPSA) is 54.5 Å². The minimum Gasteiger partial charge on any atom is -0.377 e. The van der Waals surface area contributed by atoms with E-state index < -0.39 is 0 Å².